The monoisotopic (exact) mass is 494 g/mol. The van der Waals surface area contributed by atoms with Gasteiger partial charge in [0.2, 0.25) is 5.91 Å². The Morgan fingerprint density at radius 2 is 1.88 bits per heavy atom. The van der Waals surface area contributed by atoms with Gasteiger partial charge in [-0.05, 0) is 42.2 Å². The van der Waals surface area contributed by atoms with E-state index in [1.165, 1.54) is 55.9 Å². The SMILES string of the molecule is COC(=O)N1CSC[C@H]1C(=O)[C@@H](CSCC1CCCCC1)C(=O)NCc1ccc(OC)cc1. The third kappa shape index (κ3) is 7.30. The van der Waals surface area contributed by atoms with Gasteiger partial charge in [0.15, 0.2) is 5.78 Å². The van der Waals surface area contributed by atoms with Crippen LogP contribution < -0.4 is 10.1 Å². The van der Waals surface area contributed by atoms with Gasteiger partial charge >= 0.3 is 6.09 Å². The van der Waals surface area contributed by atoms with Crippen LogP contribution in [-0.2, 0) is 20.9 Å². The summed E-state index contributed by atoms with van der Waals surface area (Å²) in [6, 6.07) is 6.83. The summed E-state index contributed by atoms with van der Waals surface area (Å²) in [5.41, 5.74) is 0.929. The zero-order chi connectivity index (χ0) is 23.6. The normalized spacial score (nSPS) is 19.7. The first kappa shape index (κ1) is 25.7. The molecular weight excluding hydrogens is 460 g/mol. The Hall–Kier alpha value is -1.87. The van der Waals surface area contributed by atoms with Crippen LogP contribution in [0, 0.1) is 11.8 Å². The fourth-order valence-corrected chi connectivity index (χ4v) is 6.77. The van der Waals surface area contributed by atoms with Gasteiger partial charge in [-0.1, -0.05) is 31.4 Å². The minimum atomic E-state index is -0.798. The molecule has 2 amide bonds. The second-order valence-corrected chi connectivity index (χ2v) is 10.6. The summed E-state index contributed by atoms with van der Waals surface area (Å²) in [6.45, 7) is 0.333. The topological polar surface area (TPSA) is 84.9 Å². The Kier molecular flexibility index (Phi) is 10.2. The minimum absolute atomic E-state index is 0.200. The highest BCUT2D eigenvalue weighted by molar-refractivity contribution is 7.99. The van der Waals surface area contributed by atoms with Crippen molar-refractivity contribution in [2.45, 2.75) is 44.7 Å². The van der Waals surface area contributed by atoms with E-state index in [1.54, 1.807) is 18.9 Å². The van der Waals surface area contributed by atoms with Crippen molar-refractivity contribution < 1.29 is 23.9 Å². The van der Waals surface area contributed by atoms with E-state index in [0.29, 0.717) is 29.8 Å². The molecule has 0 bridgehead atoms. The van der Waals surface area contributed by atoms with Crippen molar-refractivity contribution in [1.82, 2.24) is 10.2 Å². The van der Waals surface area contributed by atoms with Crippen molar-refractivity contribution in [3.05, 3.63) is 29.8 Å². The van der Waals surface area contributed by atoms with Crippen molar-refractivity contribution >= 4 is 41.3 Å². The lowest BCUT2D eigenvalue weighted by Crippen LogP contribution is -2.48. The van der Waals surface area contributed by atoms with Gasteiger partial charge in [0.1, 0.15) is 17.7 Å². The largest absolute Gasteiger partial charge is 0.497 e. The molecule has 0 unspecified atom stereocenters. The number of rotatable bonds is 10. The van der Waals surface area contributed by atoms with Crippen LogP contribution in [0.4, 0.5) is 4.79 Å². The van der Waals surface area contributed by atoms with E-state index in [-0.39, 0.29) is 11.7 Å². The van der Waals surface area contributed by atoms with Crippen LogP contribution in [0.25, 0.3) is 0 Å². The Labute approximate surface area is 204 Å². The number of hydrogen-bond acceptors (Lipinski definition) is 7. The lowest BCUT2D eigenvalue weighted by molar-refractivity contribution is -0.135. The number of ketones is 1. The summed E-state index contributed by atoms with van der Waals surface area (Å²) in [4.78, 5) is 40.2. The van der Waals surface area contributed by atoms with Crippen LogP contribution in [0.3, 0.4) is 0 Å². The number of methoxy groups -OCH3 is 2. The number of Topliss-reactive ketones (excluding diaryl/α,β-unsaturated/α-hetero) is 1. The minimum Gasteiger partial charge on any atom is -0.497 e. The van der Waals surface area contributed by atoms with E-state index in [1.807, 2.05) is 24.3 Å². The van der Waals surface area contributed by atoms with E-state index >= 15 is 0 Å². The molecule has 33 heavy (non-hydrogen) atoms. The van der Waals surface area contributed by atoms with Crippen LogP contribution in [0.15, 0.2) is 24.3 Å². The molecule has 0 radical (unpaired) electrons. The number of carbonyl (C=O) groups excluding carboxylic acids is 3. The number of hydrogen-bond donors (Lipinski definition) is 1. The predicted molar refractivity (Wildman–Crippen MR) is 133 cm³/mol. The van der Waals surface area contributed by atoms with E-state index in [2.05, 4.69) is 5.32 Å². The average molecular weight is 495 g/mol. The average Bonchev–Trinajstić information content (AvgIpc) is 3.35. The fraction of sp³-hybridized carbons (Fsp3) is 0.625. The van der Waals surface area contributed by atoms with Gasteiger partial charge in [-0.3, -0.25) is 14.5 Å². The molecule has 1 heterocycles. The zero-order valence-electron chi connectivity index (χ0n) is 19.4. The number of nitrogens with zero attached hydrogens (tertiary/aromatic N) is 1. The van der Waals surface area contributed by atoms with Crippen molar-refractivity contribution in [2.24, 2.45) is 11.8 Å². The summed E-state index contributed by atoms with van der Waals surface area (Å²) in [6.07, 6.45) is 5.77. The van der Waals surface area contributed by atoms with E-state index in [0.717, 1.165) is 17.1 Å². The Morgan fingerprint density at radius 3 is 2.55 bits per heavy atom. The first-order valence-corrected chi connectivity index (χ1v) is 13.8. The molecule has 182 valence electrons. The van der Waals surface area contributed by atoms with Gasteiger partial charge in [0, 0.05) is 18.1 Å². The van der Waals surface area contributed by atoms with Crippen LogP contribution in [0.5, 0.6) is 5.75 Å². The van der Waals surface area contributed by atoms with Crippen LogP contribution in [0.2, 0.25) is 0 Å². The maximum absolute atomic E-state index is 13.4. The maximum Gasteiger partial charge on any atom is 0.410 e. The Balaban J connectivity index is 1.64. The van der Waals surface area contributed by atoms with Gasteiger partial charge in [0.05, 0.1) is 20.1 Å². The second-order valence-electron chi connectivity index (χ2n) is 8.52. The summed E-state index contributed by atoms with van der Waals surface area (Å²) >= 11 is 3.19. The molecule has 1 saturated carbocycles. The second kappa shape index (κ2) is 13.1. The fourth-order valence-electron chi connectivity index (χ4n) is 4.26. The quantitative estimate of drug-likeness (QED) is 0.493. The molecule has 9 heteroatoms. The smallest absolute Gasteiger partial charge is 0.410 e. The number of thioether (sulfide) groups is 2. The summed E-state index contributed by atoms with van der Waals surface area (Å²) in [7, 11) is 2.92. The molecule has 1 aliphatic heterocycles. The first-order valence-electron chi connectivity index (χ1n) is 11.5. The van der Waals surface area contributed by atoms with Gasteiger partial charge in [-0.25, -0.2) is 4.79 Å². The molecule has 0 spiro atoms. The number of ether oxygens (including phenoxy) is 2. The van der Waals surface area contributed by atoms with Crippen LogP contribution in [-0.4, -0.2) is 66.1 Å². The molecule has 2 atom stereocenters. The third-order valence-electron chi connectivity index (χ3n) is 6.27. The maximum atomic E-state index is 13.4. The number of benzene rings is 1. The van der Waals surface area contributed by atoms with Crippen LogP contribution >= 0.6 is 23.5 Å². The number of amides is 2. The molecular formula is C24H34N2O5S2. The molecule has 1 aromatic rings. The highest BCUT2D eigenvalue weighted by Gasteiger charge is 2.41. The number of nitrogens with one attached hydrogen (secondary N) is 1. The highest BCUT2D eigenvalue weighted by Crippen LogP contribution is 2.29. The van der Waals surface area contributed by atoms with E-state index in [4.69, 9.17) is 9.47 Å². The first-order chi connectivity index (χ1) is 16.0. The predicted octanol–water partition coefficient (Wildman–Crippen LogP) is 3.95. The lowest BCUT2D eigenvalue weighted by Gasteiger charge is -2.26. The molecule has 2 aliphatic rings. The van der Waals surface area contributed by atoms with Crippen molar-refractivity contribution in [2.75, 3.05) is 37.4 Å². The third-order valence-corrected chi connectivity index (χ3v) is 8.56. The standard InChI is InChI=1S/C24H34N2O5S2/c1-30-19-10-8-17(9-11-19)12-25-23(28)20(14-32-13-18-6-4-3-5-7-18)22(27)21-15-33-16-26(21)24(29)31-2/h8-11,18,20-21H,3-7,12-16H2,1-2H3,(H,25,28)/t20-,21+/m1/s1. The molecule has 1 aromatic carbocycles. The molecule has 1 N–H and O–H groups in total. The molecule has 7 nitrogen and oxygen atoms in total. The molecule has 3 rings (SSSR count). The van der Waals surface area contributed by atoms with Crippen molar-refractivity contribution in [1.29, 1.82) is 0 Å². The molecule has 1 aliphatic carbocycles. The van der Waals surface area contributed by atoms with Crippen molar-refractivity contribution in [3.63, 3.8) is 0 Å². The Bertz CT molecular complexity index is 799. The summed E-state index contributed by atoms with van der Waals surface area (Å²) in [5, 5.41) is 2.93. The molecule has 1 saturated heterocycles. The molecule has 2 fully saturated rings. The zero-order valence-corrected chi connectivity index (χ0v) is 21.1. The van der Waals surface area contributed by atoms with Crippen molar-refractivity contribution in [3.8, 4) is 5.75 Å². The lowest BCUT2D eigenvalue weighted by atomic mass is 9.91. The molecule has 0 aromatic heterocycles. The van der Waals surface area contributed by atoms with E-state index < -0.39 is 18.1 Å². The highest BCUT2D eigenvalue weighted by atomic mass is 32.2. The summed E-state index contributed by atoms with van der Waals surface area (Å²) in [5.74, 6) is 2.42. The van der Waals surface area contributed by atoms with E-state index in [9.17, 15) is 14.4 Å². The van der Waals surface area contributed by atoms with Gasteiger partial charge in [-0.2, -0.15) is 11.8 Å². The van der Waals surface area contributed by atoms with Gasteiger partial charge < -0.3 is 14.8 Å². The summed E-state index contributed by atoms with van der Waals surface area (Å²) < 4.78 is 10.0. The van der Waals surface area contributed by atoms with Gasteiger partial charge in [-0.15, -0.1) is 11.8 Å². The number of carbonyl (C=O) groups is 3. The van der Waals surface area contributed by atoms with Gasteiger partial charge in [0.25, 0.3) is 0 Å². The Morgan fingerprint density at radius 1 is 1.15 bits per heavy atom. The van der Waals surface area contributed by atoms with Crippen LogP contribution in [0.1, 0.15) is 37.7 Å².